The molecule has 1 amide bonds. The minimum atomic E-state index is -0.130. The molecule has 1 atom stereocenters. The lowest BCUT2D eigenvalue weighted by atomic mass is 10.0. The number of amides is 1. The van der Waals surface area contributed by atoms with E-state index in [0.29, 0.717) is 11.5 Å². The number of carbonyl (C=O) groups is 1. The number of rotatable bonds is 4. The van der Waals surface area contributed by atoms with Crippen LogP contribution in [0.15, 0.2) is 48.7 Å². The number of carbonyl (C=O) groups excluding carboxylic acids is 1. The molecule has 4 heteroatoms. The van der Waals surface area contributed by atoms with Gasteiger partial charge in [-0.05, 0) is 54.7 Å². The van der Waals surface area contributed by atoms with E-state index < -0.39 is 0 Å². The molecule has 1 aromatic heterocycles. The number of benzene rings is 2. The fraction of sp³-hybridized carbons (Fsp3) is 0.273. The van der Waals surface area contributed by atoms with Gasteiger partial charge in [-0.2, -0.15) is 0 Å². The van der Waals surface area contributed by atoms with Crippen molar-refractivity contribution < 1.29 is 4.79 Å². The molecule has 26 heavy (non-hydrogen) atoms. The number of pyridine rings is 1. The van der Waals surface area contributed by atoms with Gasteiger partial charge in [0.2, 0.25) is 0 Å². The minimum absolute atomic E-state index is 0.110. The Morgan fingerprint density at radius 1 is 1.04 bits per heavy atom. The normalized spacial score (nSPS) is 12.3. The largest absolute Gasteiger partial charge is 0.399 e. The van der Waals surface area contributed by atoms with Gasteiger partial charge in [0.05, 0.1) is 17.1 Å². The summed E-state index contributed by atoms with van der Waals surface area (Å²) < 4.78 is 0. The quantitative estimate of drug-likeness (QED) is 0.670. The van der Waals surface area contributed by atoms with Crippen LogP contribution in [0, 0.1) is 6.92 Å². The topological polar surface area (TPSA) is 68.0 Å². The Morgan fingerprint density at radius 2 is 1.77 bits per heavy atom. The van der Waals surface area contributed by atoms with Gasteiger partial charge < -0.3 is 11.1 Å². The fourth-order valence-electron chi connectivity index (χ4n) is 2.95. The maximum Gasteiger partial charge on any atom is 0.253 e. The molecule has 0 unspecified atom stereocenters. The van der Waals surface area contributed by atoms with Crippen LogP contribution in [0.2, 0.25) is 0 Å². The van der Waals surface area contributed by atoms with Crippen molar-refractivity contribution in [3.8, 4) is 0 Å². The van der Waals surface area contributed by atoms with Gasteiger partial charge in [-0.25, -0.2) is 0 Å². The number of nitrogens with two attached hydrogens (primary N) is 1. The number of nitrogen functional groups attached to an aromatic ring is 1. The average molecular weight is 347 g/mol. The molecule has 0 fully saturated rings. The highest BCUT2D eigenvalue weighted by atomic mass is 16.1. The third-order valence-corrected chi connectivity index (χ3v) is 4.78. The molecular weight excluding hydrogens is 322 g/mol. The van der Waals surface area contributed by atoms with Crippen LogP contribution in [0.1, 0.15) is 59.8 Å². The van der Waals surface area contributed by atoms with Crippen molar-refractivity contribution in [2.75, 3.05) is 5.73 Å². The van der Waals surface area contributed by atoms with Crippen LogP contribution in [-0.2, 0) is 0 Å². The third kappa shape index (κ3) is 3.69. The highest BCUT2D eigenvalue weighted by Crippen LogP contribution is 2.22. The summed E-state index contributed by atoms with van der Waals surface area (Å²) in [5.41, 5.74) is 11.4. The van der Waals surface area contributed by atoms with Crippen LogP contribution in [0.5, 0.6) is 0 Å². The van der Waals surface area contributed by atoms with Crippen LogP contribution in [-0.4, -0.2) is 10.9 Å². The Kier molecular flexibility index (Phi) is 4.94. The zero-order valence-corrected chi connectivity index (χ0v) is 15.7. The minimum Gasteiger partial charge on any atom is -0.399 e. The zero-order valence-electron chi connectivity index (χ0n) is 15.7. The summed E-state index contributed by atoms with van der Waals surface area (Å²) >= 11 is 0. The first-order chi connectivity index (χ1) is 12.3. The summed E-state index contributed by atoms with van der Waals surface area (Å²) in [4.78, 5) is 17.1. The van der Waals surface area contributed by atoms with Gasteiger partial charge in [-0.15, -0.1) is 0 Å². The summed E-state index contributed by atoms with van der Waals surface area (Å²) in [6.07, 6.45) is 1.64. The molecule has 134 valence electrons. The molecule has 0 spiro atoms. The van der Waals surface area contributed by atoms with Gasteiger partial charge in [0, 0.05) is 17.3 Å². The van der Waals surface area contributed by atoms with Crippen molar-refractivity contribution in [1.29, 1.82) is 0 Å². The predicted molar refractivity (Wildman–Crippen MR) is 107 cm³/mol. The summed E-state index contributed by atoms with van der Waals surface area (Å²) in [6.45, 7) is 8.24. The number of anilines is 1. The molecule has 0 bridgehead atoms. The molecule has 1 heterocycles. The van der Waals surface area contributed by atoms with Crippen molar-refractivity contribution in [2.24, 2.45) is 0 Å². The molecule has 0 saturated heterocycles. The summed E-state index contributed by atoms with van der Waals surface area (Å²) in [5, 5.41) is 4.00. The Bertz CT molecular complexity index is 963. The molecule has 2 aromatic carbocycles. The Labute approximate surface area is 154 Å². The third-order valence-electron chi connectivity index (χ3n) is 4.78. The van der Waals surface area contributed by atoms with Crippen molar-refractivity contribution >= 4 is 22.5 Å². The zero-order chi connectivity index (χ0) is 18.8. The predicted octanol–water partition coefficient (Wildman–Crippen LogP) is 4.74. The van der Waals surface area contributed by atoms with E-state index >= 15 is 0 Å². The smallest absolute Gasteiger partial charge is 0.253 e. The Hall–Kier alpha value is -2.88. The first-order valence-corrected chi connectivity index (χ1v) is 8.91. The van der Waals surface area contributed by atoms with Gasteiger partial charge in [0.25, 0.3) is 5.91 Å². The van der Waals surface area contributed by atoms with E-state index in [4.69, 9.17) is 5.73 Å². The lowest BCUT2D eigenvalue weighted by molar-refractivity contribution is 0.0939. The van der Waals surface area contributed by atoms with Gasteiger partial charge >= 0.3 is 0 Å². The molecular formula is C22H25N3O. The highest BCUT2D eigenvalue weighted by Gasteiger charge is 2.13. The second kappa shape index (κ2) is 7.16. The van der Waals surface area contributed by atoms with Crippen LogP contribution < -0.4 is 11.1 Å². The van der Waals surface area contributed by atoms with Gasteiger partial charge in [0.1, 0.15) is 0 Å². The molecule has 4 nitrogen and oxygen atoms in total. The second-order valence-corrected chi connectivity index (χ2v) is 7.14. The second-order valence-electron chi connectivity index (χ2n) is 7.14. The molecule has 0 saturated carbocycles. The maximum absolute atomic E-state index is 12.6. The fourth-order valence-corrected chi connectivity index (χ4v) is 2.95. The maximum atomic E-state index is 12.6. The van der Waals surface area contributed by atoms with Crippen molar-refractivity contribution in [2.45, 2.75) is 39.7 Å². The molecule has 3 rings (SSSR count). The van der Waals surface area contributed by atoms with Gasteiger partial charge in [-0.1, -0.05) is 38.1 Å². The van der Waals surface area contributed by atoms with E-state index in [1.807, 2.05) is 44.2 Å². The molecule has 3 aromatic rings. The number of fused-ring (bicyclic) bond motifs is 1. The van der Waals surface area contributed by atoms with Crippen molar-refractivity contribution in [3.05, 3.63) is 70.9 Å². The van der Waals surface area contributed by atoms with Gasteiger partial charge in [0.15, 0.2) is 0 Å². The SMILES string of the molecule is Cc1cc([C@@H](C)NC(=O)c2cnc3cc(C(C)C)ccc3c2)ccc1N. The first-order valence-electron chi connectivity index (χ1n) is 8.91. The summed E-state index contributed by atoms with van der Waals surface area (Å²) in [7, 11) is 0. The summed E-state index contributed by atoms with van der Waals surface area (Å²) in [5.74, 6) is 0.322. The number of nitrogens with zero attached hydrogens (tertiary/aromatic N) is 1. The highest BCUT2D eigenvalue weighted by molar-refractivity contribution is 5.97. The van der Waals surface area contributed by atoms with Crippen molar-refractivity contribution in [3.63, 3.8) is 0 Å². The van der Waals surface area contributed by atoms with Crippen LogP contribution >= 0.6 is 0 Å². The molecule has 0 aliphatic heterocycles. The van der Waals surface area contributed by atoms with E-state index in [9.17, 15) is 4.79 Å². The Morgan fingerprint density at radius 3 is 2.46 bits per heavy atom. The van der Waals surface area contributed by atoms with E-state index in [-0.39, 0.29) is 11.9 Å². The van der Waals surface area contributed by atoms with E-state index in [1.165, 1.54) is 5.56 Å². The average Bonchev–Trinajstić information content (AvgIpc) is 2.62. The lowest BCUT2D eigenvalue weighted by Gasteiger charge is -2.16. The molecule has 0 aliphatic rings. The Balaban J connectivity index is 1.80. The standard InChI is InChI=1S/C22H25N3O/c1-13(2)16-5-6-18-10-19(12-24-21(18)11-16)22(26)25-15(4)17-7-8-20(23)14(3)9-17/h5-13,15H,23H2,1-4H3,(H,25,26)/t15-/m1/s1. The molecule has 3 N–H and O–H groups in total. The molecule has 0 radical (unpaired) electrons. The first kappa shape index (κ1) is 17.9. The molecule has 0 aliphatic carbocycles. The van der Waals surface area contributed by atoms with Crippen LogP contribution in [0.3, 0.4) is 0 Å². The monoisotopic (exact) mass is 347 g/mol. The number of hydrogen-bond donors (Lipinski definition) is 2. The summed E-state index contributed by atoms with van der Waals surface area (Å²) in [6, 6.07) is 13.8. The number of aromatic nitrogens is 1. The lowest BCUT2D eigenvalue weighted by Crippen LogP contribution is -2.26. The van der Waals surface area contributed by atoms with Crippen LogP contribution in [0.25, 0.3) is 10.9 Å². The van der Waals surface area contributed by atoms with Crippen molar-refractivity contribution in [1.82, 2.24) is 10.3 Å². The van der Waals surface area contributed by atoms with E-state index in [1.54, 1.807) is 6.20 Å². The van der Waals surface area contributed by atoms with E-state index in [0.717, 1.165) is 27.7 Å². The number of hydrogen-bond acceptors (Lipinski definition) is 3. The van der Waals surface area contributed by atoms with Crippen LogP contribution in [0.4, 0.5) is 5.69 Å². The van der Waals surface area contributed by atoms with E-state index in [2.05, 4.69) is 36.3 Å². The number of nitrogens with one attached hydrogen (secondary N) is 1. The number of aryl methyl sites for hydroxylation is 1. The van der Waals surface area contributed by atoms with Gasteiger partial charge in [-0.3, -0.25) is 9.78 Å².